The molecule has 1 aliphatic heterocycles. The van der Waals surface area contributed by atoms with Crippen LogP contribution in [0.4, 0.5) is 5.82 Å². The molecule has 4 atom stereocenters. The fraction of sp³-hybridized carbons (Fsp3) is 0.538. The number of nitrogens with one attached hydrogen (secondary N) is 1. The smallest absolute Gasteiger partial charge is 0.373 e. The zero-order chi connectivity index (χ0) is 23.1. The van der Waals surface area contributed by atoms with Crippen LogP contribution in [0.5, 0.6) is 0 Å². The Morgan fingerprint density at radius 3 is 2.57 bits per heavy atom. The number of carbonyl (C=O) groups excluding carboxylic acids is 2. The number of carbonyl (C=O) groups is 2. The quantitative estimate of drug-likeness (QED) is 0.440. The van der Waals surface area contributed by atoms with Crippen molar-refractivity contribution in [3.05, 3.63) is 53.8 Å². The average Bonchev–Trinajstić information content (AvgIpc) is 3.56. The Kier molecular flexibility index (Phi) is 5.93. The third-order valence-corrected chi connectivity index (χ3v) is 8.45. The van der Waals surface area contributed by atoms with Gasteiger partial charge in [0.2, 0.25) is 5.91 Å². The molecule has 7 rings (SSSR count). The molecule has 0 spiro atoms. The molecule has 4 aliphatic carbocycles. The first-order chi connectivity index (χ1) is 16.5. The molecule has 2 aromatic heterocycles. The molecular weight excluding hydrogens is 519 g/mol. The Hall–Kier alpha value is -1.64. The number of nitrogens with zero attached hydrogens (tertiary/aromatic N) is 4. The minimum absolute atomic E-state index is 0. The van der Waals surface area contributed by atoms with Crippen molar-refractivity contribution in [2.45, 2.75) is 51.7 Å². The van der Waals surface area contributed by atoms with E-state index in [9.17, 15) is 9.59 Å². The summed E-state index contributed by atoms with van der Waals surface area (Å²) in [6.07, 6.45) is 11.8. The number of hydrogen-bond acceptors (Lipinski definition) is 6. The Balaban J connectivity index is 0.00000229. The number of rotatable bonds is 6. The van der Waals surface area contributed by atoms with E-state index in [2.05, 4.69) is 39.4 Å². The van der Waals surface area contributed by atoms with Gasteiger partial charge in [-0.1, -0.05) is 0 Å². The van der Waals surface area contributed by atoms with E-state index in [1.54, 1.807) is 0 Å². The number of hydrogen-bond donors (Lipinski definition) is 1. The molecule has 0 radical (unpaired) electrons. The van der Waals surface area contributed by atoms with Crippen LogP contribution >= 0.6 is 0 Å². The van der Waals surface area contributed by atoms with Gasteiger partial charge in [0, 0.05) is 41.5 Å². The summed E-state index contributed by atoms with van der Waals surface area (Å²) in [4.78, 5) is 35.9. The minimum Gasteiger partial charge on any atom is -0.373 e. The number of aromatic nitrogens is 4. The zero-order valence-electron chi connectivity index (χ0n) is 20.0. The number of amides is 1. The summed E-state index contributed by atoms with van der Waals surface area (Å²) in [6.45, 7) is 4.22. The predicted octanol–water partition coefficient (Wildman–Crippen LogP) is 3.40. The van der Waals surface area contributed by atoms with Gasteiger partial charge in [-0.05, 0) is 39.5 Å². The number of ether oxygens (including phenoxy) is 1. The maximum Gasteiger partial charge on any atom is 3.00 e. The molecular formula is C26H28N5O3Y. The molecule has 1 amide bonds. The Labute approximate surface area is 230 Å². The van der Waals surface area contributed by atoms with Crippen LogP contribution in [0.25, 0.3) is 0 Å². The fourth-order valence-electron chi connectivity index (χ4n) is 6.02. The largest absolute Gasteiger partial charge is 3.00 e. The van der Waals surface area contributed by atoms with Gasteiger partial charge in [0.05, 0.1) is 29.9 Å². The van der Waals surface area contributed by atoms with Gasteiger partial charge in [-0.3, -0.25) is 14.5 Å². The molecule has 9 heteroatoms. The van der Waals surface area contributed by atoms with Crippen LogP contribution in [0.3, 0.4) is 0 Å². The molecule has 2 aromatic rings. The first kappa shape index (κ1) is 23.7. The number of aryl methyl sites for hydroxylation is 2. The zero-order valence-corrected chi connectivity index (χ0v) is 22.8. The van der Waals surface area contributed by atoms with Crippen LogP contribution in [0.1, 0.15) is 65.3 Å². The van der Waals surface area contributed by atoms with E-state index in [1.165, 1.54) is 12.8 Å². The SMILES string of the molecule is Cc1nc(NC(=O)C2CCOC(c3cnn(C4CC4)c3)C2)c(C(=O)[C-]2C3[CH-]C4[CH-]C2C43)nc1C.[Y+3]. The molecule has 35 heavy (non-hydrogen) atoms. The van der Waals surface area contributed by atoms with Crippen LogP contribution in [0, 0.1) is 62.2 Å². The molecule has 0 bridgehead atoms. The van der Waals surface area contributed by atoms with E-state index < -0.39 is 0 Å². The maximum atomic E-state index is 13.4. The summed E-state index contributed by atoms with van der Waals surface area (Å²) >= 11 is 0. The Morgan fingerprint density at radius 2 is 1.89 bits per heavy atom. The summed E-state index contributed by atoms with van der Waals surface area (Å²) < 4.78 is 7.99. The van der Waals surface area contributed by atoms with Gasteiger partial charge in [0.1, 0.15) is 0 Å². The molecule has 1 saturated heterocycles. The topological polar surface area (TPSA) is 99.0 Å². The number of anilines is 1. The number of ketones is 1. The summed E-state index contributed by atoms with van der Waals surface area (Å²) in [6, 6.07) is 0.514. The number of Topliss-reactive ketones (excluding diaryl/α,β-unsaturated/α-hetero) is 1. The first-order valence-corrected chi connectivity index (χ1v) is 12.4. The molecule has 5 aliphatic rings. The van der Waals surface area contributed by atoms with Crippen molar-refractivity contribution < 1.29 is 47.0 Å². The van der Waals surface area contributed by atoms with Gasteiger partial charge >= 0.3 is 32.7 Å². The third-order valence-electron chi connectivity index (χ3n) is 8.45. The summed E-state index contributed by atoms with van der Waals surface area (Å²) in [5.41, 5.74) is 2.72. The van der Waals surface area contributed by atoms with Gasteiger partial charge < -0.3 is 38.6 Å². The van der Waals surface area contributed by atoms with Crippen molar-refractivity contribution in [1.29, 1.82) is 0 Å². The van der Waals surface area contributed by atoms with Crippen LogP contribution in [-0.4, -0.2) is 38.0 Å². The summed E-state index contributed by atoms with van der Waals surface area (Å²) in [7, 11) is 0. The Morgan fingerprint density at radius 1 is 1.14 bits per heavy atom. The van der Waals surface area contributed by atoms with E-state index in [-0.39, 0.29) is 79.8 Å². The van der Waals surface area contributed by atoms with E-state index in [1.807, 2.05) is 24.7 Å². The van der Waals surface area contributed by atoms with E-state index in [4.69, 9.17) is 4.74 Å². The Bertz CT molecular complexity index is 1180. The summed E-state index contributed by atoms with van der Waals surface area (Å²) in [5.74, 6) is 2.56. The minimum atomic E-state index is -0.226. The second-order valence-electron chi connectivity index (χ2n) is 10.5. The second-order valence-corrected chi connectivity index (χ2v) is 10.5. The van der Waals surface area contributed by atoms with Crippen molar-refractivity contribution in [2.75, 3.05) is 11.9 Å². The van der Waals surface area contributed by atoms with Crippen LogP contribution < -0.4 is 5.32 Å². The molecule has 8 nitrogen and oxygen atoms in total. The van der Waals surface area contributed by atoms with Crippen molar-refractivity contribution >= 4 is 17.5 Å². The monoisotopic (exact) mass is 547 g/mol. The van der Waals surface area contributed by atoms with Crippen molar-refractivity contribution in [3.8, 4) is 0 Å². The molecule has 0 aromatic carbocycles. The normalized spacial score (nSPS) is 32.3. The molecule has 1 N–H and O–H groups in total. The van der Waals surface area contributed by atoms with E-state index in [0.717, 1.165) is 11.5 Å². The fourth-order valence-corrected chi connectivity index (χ4v) is 6.02. The third kappa shape index (κ3) is 3.82. The predicted molar refractivity (Wildman–Crippen MR) is 122 cm³/mol. The standard InChI is InChI=1S/C26H28N5O3.Y/c1-12-13(2)29-25(23(28-12)24(32)22-18-7-15-8-19(22)21(15)18)30-26(33)14-5-6-34-20(9-14)16-10-27-31(11-16)17-3-4-17;/h7-8,10-11,14-15,17-21H,3-6,9H2,1-2H3,(H,29,30,33);/q-3;+3. The van der Waals surface area contributed by atoms with Gasteiger partial charge in [0.15, 0.2) is 0 Å². The maximum absolute atomic E-state index is 13.4. The van der Waals surface area contributed by atoms with Gasteiger partial charge in [-0.15, -0.1) is 0 Å². The summed E-state index contributed by atoms with van der Waals surface area (Å²) in [5, 5.41) is 7.43. The van der Waals surface area contributed by atoms with E-state index >= 15 is 0 Å². The molecule has 3 heterocycles. The van der Waals surface area contributed by atoms with E-state index in [0.29, 0.717) is 48.7 Å². The van der Waals surface area contributed by atoms with Gasteiger partial charge in [-0.25, -0.2) is 17.8 Å². The van der Waals surface area contributed by atoms with Gasteiger partial charge in [0.25, 0.3) is 0 Å². The first-order valence-electron chi connectivity index (χ1n) is 12.4. The molecule has 4 unspecified atom stereocenters. The molecule has 5 fully saturated rings. The molecule has 4 saturated carbocycles. The second kappa shape index (κ2) is 8.74. The van der Waals surface area contributed by atoms with Crippen molar-refractivity contribution in [3.63, 3.8) is 0 Å². The van der Waals surface area contributed by atoms with Crippen LogP contribution in [-0.2, 0) is 42.2 Å². The van der Waals surface area contributed by atoms with Crippen molar-refractivity contribution in [1.82, 2.24) is 19.7 Å². The van der Waals surface area contributed by atoms with Gasteiger partial charge in [-0.2, -0.15) is 11.0 Å². The van der Waals surface area contributed by atoms with Crippen LogP contribution in [0.2, 0.25) is 0 Å². The average molecular weight is 547 g/mol. The van der Waals surface area contributed by atoms with Crippen LogP contribution in [0.15, 0.2) is 12.4 Å². The van der Waals surface area contributed by atoms with Crippen molar-refractivity contribution in [2.24, 2.45) is 29.6 Å². The molecule has 178 valence electrons.